The molecule has 0 fully saturated rings. The molecule has 3 atom stereocenters. The summed E-state index contributed by atoms with van der Waals surface area (Å²) >= 11 is 0. The van der Waals surface area contributed by atoms with E-state index in [0.29, 0.717) is 13.3 Å². The van der Waals surface area contributed by atoms with E-state index in [1.165, 1.54) is 83.5 Å². The van der Waals surface area contributed by atoms with Crippen LogP contribution < -0.4 is 0 Å². The van der Waals surface area contributed by atoms with Crippen LogP contribution in [0.4, 0.5) is 0 Å². The van der Waals surface area contributed by atoms with Gasteiger partial charge in [-0.15, -0.1) is 0 Å². The number of aliphatic hydroxyl groups excluding tert-OH is 3. The maximum absolute atomic E-state index is 11.4. The van der Waals surface area contributed by atoms with Gasteiger partial charge in [0.1, 0.15) is 12.7 Å². The molecule has 41 heavy (non-hydrogen) atoms. The minimum absolute atomic E-state index is 0.103. The van der Waals surface area contributed by atoms with Gasteiger partial charge in [0.05, 0.1) is 6.61 Å². The lowest BCUT2D eigenvalue weighted by Gasteiger charge is -2.28. The summed E-state index contributed by atoms with van der Waals surface area (Å²) in [5.74, 6) is -6.81. The Kier molecular flexibility index (Phi) is 24.9. The van der Waals surface area contributed by atoms with Crippen LogP contribution in [0.3, 0.4) is 0 Å². The maximum Gasteiger partial charge on any atom is 0.359 e. The molecule has 0 heterocycles. The van der Waals surface area contributed by atoms with Crippen LogP contribution in [-0.4, -0.2) is 86.2 Å². The number of carbonyl (C=O) groups excluding carboxylic acids is 3. The summed E-state index contributed by atoms with van der Waals surface area (Å²) in [5.41, 5.74) is -3.11. The summed E-state index contributed by atoms with van der Waals surface area (Å²) in [6.45, 7) is 3.28. The largest absolute Gasteiger partial charge is 0.479 e. The van der Waals surface area contributed by atoms with E-state index in [-0.39, 0.29) is 19.2 Å². The van der Waals surface area contributed by atoms with Crippen LogP contribution in [0.1, 0.15) is 124 Å². The molecule has 0 aliphatic heterocycles. The normalized spacial score (nSPS) is 13.6. The maximum atomic E-state index is 11.4. The van der Waals surface area contributed by atoms with Gasteiger partial charge in [-0.3, -0.25) is 14.4 Å². The molecule has 0 aromatic carbocycles. The zero-order chi connectivity index (χ0) is 31.7. The molecular weight excluding hydrogens is 540 g/mol. The number of aliphatic carboxylic acids is 2. The molecule has 240 valence electrons. The van der Waals surface area contributed by atoms with Crippen LogP contribution in [0.2, 0.25) is 0 Å². The Labute approximate surface area is 243 Å². The number of esters is 2. The van der Waals surface area contributed by atoms with Crippen molar-refractivity contribution in [3.8, 4) is 0 Å². The zero-order valence-electron chi connectivity index (χ0n) is 25.0. The lowest BCUT2D eigenvalue weighted by atomic mass is 9.92. The molecule has 0 aliphatic carbocycles. The monoisotopic (exact) mass is 592 g/mol. The Balaban J connectivity index is 0. The Morgan fingerprint density at radius 1 is 0.707 bits per heavy atom. The van der Waals surface area contributed by atoms with Crippen LogP contribution in [0.5, 0.6) is 0 Å². The van der Waals surface area contributed by atoms with Crippen LogP contribution >= 0.6 is 0 Å². The molecule has 0 saturated heterocycles. The fourth-order valence-corrected chi connectivity index (χ4v) is 3.99. The number of carbonyl (C=O) groups is 5. The number of ketones is 1. The first kappa shape index (κ1) is 40.6. The third kappa shape index (κ3) is 20.0. The van der Waals surface area contributed by atoms with Gasteiger partial charge in [-0.05, 0) is 13.3 Å². The highest BCUT2D eigenvalue weighted by Gasteiger charge is 2.57. The molecule has 5 N–H and O–H groups in total. The fourth-order valence-electron chi connectivity index (χ4n) is 3.99. The minimum atomic E-state index is -3.11. The SMILES string of the molecule is CC(=O)OC(C(C)=O)(C(=O)O)C(O)C(=O)O.CCCCCCCCCCCCCCCCCC(=O)OCC(O)CO. The van der Waals surface area contributed by atoms with E-state index in [9.17, 15) is 24.0 Å². The van der Waals surface area contributed by atoms with Gasteiger partial charge in [0.25, 0.3) is 0 Å². The Morgan fingerprint density at radius 3 is 1.44 bits per heavy atom. The van der Waals surface area contributed by atoms with Gasteiger partial charge in [-0.2, -0.15) is 0 Å². The van der Waals surface area contributed by atoms with Gasteiger partial charge in [0.2, 0.25) is 6.10 Å². The molecule has 12 heteroatoms. The average Bonchev–Trinajstić information content (AvgIpc) is 2.91. The topological polar surface area (TPSA) is 205 Å². The predicted octanol–water partition coefficient (Wildman–Crippen LogP) is 3.55. The van der Waals surface area contributed by atoms with Gasteiger partial charge in [-0.1, -0.05) is 96.8 Å². The van der Waals surface area contributed by atoms with Crippen molar-refractivity contribution in [2.75, 3.05) is 13.2 Å². The zero-order valence-corrected chi connectivity index (χ0v) is 25.0. The van der Waals surface area contributed by atoms with Crippen molar-refractivity contribution in [2.24, 2.45) is 0 Å². The lowest BCUT2D eigenvalue weighted by Crippen LogP contribution is -2.60. The Morgan fingerprint density at radius 2 is 1.12 bits per heavy atom. The number of carboxylic acid groups (broad SMARTS) is 2. The molecule has 0 saturated carbocycles. The van der Waals surface area contributed by atoms with Gasteiger partial charge in [0, 0.05) is 13.3 Å². The van der Waals surface area contributed by atoms with E-state index in [4.69, 9.17) is 30.3 Å². The smallest absolute Gasteiger partial charge is 0.359 e. The molecule has 0 aliphatic rings. The third-order valence-electron chi connectivity index (χ3n) is 6.40. The quantitative estimate of drug-likeness (QED) is 0.0620. The molecule has 0 rings (SSSR count). The molecule has 0 amide bonds. The third-order valence-corrected chi connectivity index (χ3v) is 6.40. The number of aliphatic hydroxyl groups is 3. The van der Waals surface area contributed by atoms with Crippen molar-refractivity contribution in [2.45, 2.75) is 141 Å². The summed E-state index contributed by atoms with van der Waals surface area (Å²) in [5, 5.41) is 44.1. The number of Topliss-reactive ketones (excluding diaryl/α,β-unsaturated/α-hetero) is 1. The molecule has 0 radical (unpaired) electrons. The first-order chi connectivity index (χ1) is 19.4. The van der Waals surface area contributed by atoms with Crippen molar-refractivity contribution < 1.29 is 59.0 Å². The van der Waals surface area contributed by atoms with Gasteiger partial charge in [-0.25, -0.2) is 9.59 Å². The van der Waals surface area contributed by atoms with Crippen LogP contribution in [0.25, 0.3) is 0 Å². The van der Waals surface area contributed by atoms with Crippen molar-refractivity contribution in [1.29, 1.82) is 0 Å². The molecule has 0 spiro atoms. The van der Waals surface area contributed by atoms with E-state index in [1.54, 1.807) is 0 Å². The first-order valence-electron chi connectivity index (χ1n) is 14.7. The molecule has 0 aromatic heterocycles. The van der Waals surface area contributed by atoms with Crippen molar-refractivity contribution >= 4 is 29.7 Å². The first-order valence-corrected chi connectivity index (χ1v) is 14.7. The van der Waals surface area contributed by atoms with E-state index in [2.05, 4.69) is 11.7 Å². The number of hydrogen-bond acceptors (Lipinski definition) is 10. The average molecular weight is 593 g/mol. The van der Waals surface area contributed by atoms with E-state index >= 15 is 0 Å². The molecular formula is C29H52O12. The van der Waals surface area contributed by atoms with Crippen molar-refractivity contribution in [3.63, 3.8) is 0 Å². The van der Waals surface area contributed by atoms with Gasteiger partial charge >= 0.3 is 29.5 Å². The molecule has 3 unspecified atom stereocenters. The highest BCUT2D eigenvalue weighted by atomic mass is 16.6. The summed E-state index contributed by atoms with van der Waals surface area (Å²) in [6, 6.07) is 0. The Bertz CT molecular complexity index is 738. The van der Waals surface area contributed by atoms with Gasteiger partial charge in [0.15, 0.2) is 5.78 Å². The highest BCUT2D eigenvalue weighted by molar-refractivity contribution is 6.10. The summed E-state index contributed by atoms with van der Waals surface area (Å²) in [7, 11) is 0. The van der Waals surface area contributed by atoms with E-state index in [1.807, 2.05) is 0 Å². The number of unbranched alkanes of at least 4 members (excludes halogenated alkanes) is 14. The Hall–Kier alpha value is -2.57. The summed E-state index contributed by atoms with van der Waals surface area (Å²) < 4.78 is 9.03. The summed E-state index contributed by atoms with van der Waals surface area (Å²) in [6.07, 6.45) is 16.4. The van der Waals surface area contributed by atoms with Gasteiger partial charge < -0.3 is 35.0 Å². The molecule has 0 aromatic rings. The molecule has 0 bridgehead atoms. The van der Waals surface area contributed by atoms with E-state index in [0.717, 1.165) is 19.8 Å². The van der Waals surface area contributed by atoms with Crippen LogP contribution in [0.15, 0.2) is 0 Å². The second kappa shape index (κ2) is 25.2. The minimum Gasteiger partial charge on any atom is -0.479 e. The number of carboxylic acids is 2. The van der Waals surface area contributed by atoms with Crippen molar-refractivity contribution in [3.05, 3.63) is 0 Å². The lowest BCUT2D eigenvalue weighted by molar-refractivity contribution is -0.198. The second-order valence-corrected chi connectivity index (χ2v) is 10.2. The predicted molar refractivity (Wildman–Crippen MR) is 150 cm³/mol. The standard InChI is InChI=1S/C21H42O4.C8H10O8/c1-2-3-4-5-6-7-8-9-10-11-12-13-14-15-16-17-21(24)25-19-20(23)18-22;1-3(9)8(7(14)15,16-4(2)10)5(11)6(12)13/h20,22-23H,2-19H2,1H3;5,11H,1-2H3,(H,12,13)(H,14,15). The van der Waals surface area contributed by atoms with Crippen LogP contribution in [0, 0.1) is 0 Å². The molecule has 12 nitrogen and oxygen atoms in total. The van der Waals surface area contributed by atoms with Crippen molar-refractivity contribution in [1.82, 2.24) is 0 Å². The van der Waals surface area contributed by atoms with Crippen LogP contribution in [-0.2, 0) is 33.4 Å². The highest BCUT2D eigenvalue weighted by Crippen LogP contribution is 2.20. The fraction of sp³-hybridized carbons (Fsp3) is 0.828. The number of ether oxygens (including phenoxy) is 2. The summed E-state index contributed by atoms with van der Waals surface area (Å²) in [4.78, 5) is 54.4. The number of rotatable bonds is 24. The van der Waals surface area contributed by atoms with E-state index < -0.39 is 41.5 Å². The second-order valence-electron chi connectivity index (χ2n) is 10.2. The number of hydrogen-bond donors (Lipinski definition) is 5.